The van der Waals surface area contributed by atoms with Crippen LogP contribution >= 0.6 is 0 Å². The number of sulfonamides is 1. The van der Waals surface area contributed by atoms with Gasteiger partial charge in [-0.25, -0.2) is 13.1 Å². The Morgan fingerprint density at radius 2 is 1.97 bits per heavy atom. The Morgan fingerprint density at radius 3 is 2.70 bits per heavy atom. The maximum atomic E-state index is 13.2. The average Bonchev–Trinajstić information content (AvgIpc) is 3.09. The molecule has 0 saturated heterocycles. The number of H-pyrrole nitrogens is 1. The molecule has 0 atom stereocenters. The predicted octanol–water partition coefficient (Wildman–Crippen LogP) is 3.06. The van der Waals surface area contributed by atoms with E-state index in [-0.39, 0.29) is 22.6 Å². The molecule has 0 aliphatic carbocycles. The van der Waals surface area contributed by atoms with Crippen LogP contribution in [-0.2, 0) is 23.0 Å². The van der Waals surface area contributed by atoms with Crippen LogP contribution in [0.25, 0.3) is 10.9 Å². The van der Waals surface area contributed by atoms with Crippen LogP contribution in [0.2, 0.25) is 0 Å². The number of hydrogen-bond acceptors (Lipinski definition) is 4. The third kappa shape index (κ3) is 3.68. The fourth-order valence-corrected chi connectivity index (χ4v) is 5.36. The largest absolute Gasteiger partial charge is 0.495 e. The summed E-state index contributed by atoms with van der Waals surface area (Å²) in [6, 6.07) is 12.3. The topological polar surface area (TPSA) is 91.5 Å². The number of ether oxygens (including phenoxy) is 1. The van der Waals surface area contributed by atoms with E-state index >= 15 is 0 Å². The van der Waals surface area contributed by atoms with E-state index in [1.807, 2.05) is 24.3 Å². The molecule has 1 aromatic heterocycles. The second-order valence-electron chi connectivity index (χ2n) is 7.75. The smallest absolute Gasteiger partial charge is 0.254 e. The van der Waals surface area contributed by atoms with Gasteiger partial charge in [0.2, 0.25) is 10.0 Å². The Morgan fingerprint density at radius 1 is 1.20 bits per heavy atom. The molecule has 0 unspecified atom stereocenters. The first-order valence-electron chi connectivity index (χ1n) is 9.88. The van der Waals surface area contributed by atoms with Gasteiger partial charge in [-0.15, -0.1) is 0 Å². The molecule has 1 amide bonds. The van der Waals surface area contributed by atoms with Crippen LogP contribution in [0.5, 0.6) is 5.75 Å². The molecule has 0 fully saturated rings. The number of nitrogens with zero attached hydrogens (tertiary/aromatic N) is 1. The van der Waals surface area contributed by atoms with Crippen LogP contribution in [-0.4, -0.2) is 43.9 Å². The Balaban J connectivity index is 1.66. The normalized spacial score (nSPS) is 14.2. The lowest BCUT2D eigenvalue weighted by molar-refractivity contribution is 0.0735. The number of hydrogen-bond donors (Lipinski definition) is 2. The van der Waals surface area contributed by atoms with Crippen molar-refractivity contribution in [1.82, 2.24) is 14.6 Å². The van der Waals surface area contributed by atoms with Gasteiger partial charge < -0.3 is 14.6 Å². The third-order valence-electron chi connectivity index (χ3n) is 5.26. The second-order valence-corrected chi connectivity index (χ2v) is 9.43. The molecule has 7 nitrogen and oxygen atoms in total. The lowest BCUT2D eigenvalue weighted by Gasteiger charge is -2.27. The van der Waals surface area contributed by atoms with E-state index in [1.165, 1.54) is 19.2 Å². The molecular formula is C22H25N3O4S. The number of carbonyl (C=O) groups is 1. The van der Waals surface area contributed by atoms with Crippen LogP contribution in [0.15, 0.2) is 47.4 Å². The summed E-state index contributed by atoms with van der Waals surface area (Å²) in [6.07, 6.45) is 0.728. The predicted molar refractivity (Wildman–Crippen MR) is 115 cm³/mol. The van der Waals surface area contributed by atoms with Gasteiger partial charge in [0, 0.05) is 53.3 Å². The van der Waals surface area contributed by atoms with E-state index in [0.717, 1.165) is 28.6 Å². The molecule has 1 aliphatic rings. The van der Waals surface area contributed by atoms with Gasteiger partial charge in [0.05, 0.1) is 7.11 Å². The monoisotopic (exact) mass is 427 g/mol. The van der Waals surface area contributed by atoms with Gasteiger partial charge in [-0.3, -0.25) is 4.79 Å². The van der Waals surface area contributed by atoms with Gasteiger partial charge >= 0.3 is 0 Å². The highest BCUT2D eigenvalue weighted by molar-refractivity contribution is 7.89. The van der Waals surface area contributed by atoms with Gasteiger partial charge in [-0.05, 0) is 38.1 Å². The first-order chi connectivity index (χ1) is 14.3. The molecule has 4 rings (SSSR count). The number of nitrogens with one attached hydrogen (secondary N) is 2. The minimum absolute atomic E-state index is 0.0330. The van der Waals surface area contributed by atoms with Gasteiger partial charge in [0.25, 0.3) is 5.91 Å². The van der Waals surface area contributed by atoms with Crippen molar-refractivity contribution >= 4 is 26.8 Å². The molecule has 1 aliphatic heterocycles. The minimum Gasteiger partial charge on any atom is -0.495 e. The quantitative estimate of drug-likeness (QED) is 0.655. The lowest BCUT2D eigenvalue weighted by atomic mass is 10.0. The summed E-state index contributed by atoms with van der Waals surface area (Å²) in [7, 11) is -2.40. The summed E-state index contributed by atoms with van der Waals surface area (Å²) >= 11 is 0. The van der Waals surface area contributed by atoms with Crippen molar-refractivity contribution in [3.8, 4) is 5.75 Å². The van der Waals surface area contributed by atoms with Crippen molar-refractivity contribution in [2.45, 2.75) is 37.8 Å². The summed E-state index contributed by atoms with van der Waals surface area (Å²) < 4.78 is 33.2. The SMILES string of the molecule is COc1ccc(C(=O)N2CCc3[nH]c4ccccc4c3C2)cc1S(=O)(=O)NC(C)C. The summed E-state index contributed by atoms with van der Waals surface area (Å²) in [5.41, 5.74) is 3.66. The van der Waals surface area contributed by atoms with Crippen molar-refractivity contribution in [2.24, 2.45) is 0 Å². The molecule has 8 heteroatoms. The fourth-order valence-electron chi connectivity index (χ4n) is 3.92. The fraction of sp³-hybridized carbons (Fsp3) is 0.318. The van der Waals surface area contributed by atoms with E-state index < -0.39 is 10.0 Å². The zero-order valence-corrected chi connectivity index (χ0v) is 18.0. The Kier molecular flexibility index (Phi) is 5.29. The zero-order chi connectivity index (χ0) is 21.5. The number of fused-ring (bicyclic) bond motifs is 3. The summed E-state index contributed by atoms with van der Waals surface area (Å²) in [5, 5.41) is 1.11. The van der Waals surface area contributed by atoms with Gasteiger partial charge in [0.1, 0.15) is 10.6 Å². The highest BCUT2D eigenvalue weighted by atomic mass is 32.2. The van der Waals surface area contributed by atoms with Gasteiger partial charge in [-0.2, -0.15) is 0 Å². The molecule has 0 bridgehead atoms. The summed E-state index contributed by atoms with van der Waals surface area (Å²) in [4.78, 5) is 18.4. The lowest BCUT2D eigenvalue weighted by Crippen LogP contribution is -2.36. The van der Waals surface area contributed by atoms with Gasteiger partial charge in [-0.1, -0.05) is 18.2 Å². The zero-order valence-electron chi connectivity index (χ0n) is 17.2. The number of para-hydroxylation sites is 1. The van der Waals surface area contributed by atoms with Crippen LogP contribution < -0.4 is 9.46 Å². The molecule has 2 N–H and O–H groups in total. The molecule has 3 aromatic rings. The molecule has 0 saturated carbocycles. The summed E-state index contributed by atoms with van der Waals surface area (Å²) in [5.74, 6) is 0.00633. The van der Waals surface area contributed by atoms with Gasteiger partial charge in [0.15, 0.2) is 0 Å². The van der Waals surface area contributed by atoms with Crippen LogP contribution in [0.4, 0.5) is 0 Å². The van der Waals surface area contributed by atoms with E-state index in [0.29, 0.717) is 18.7 Å². The standard InChI is InChI=1S/C22H25N3O4S/c1-14(2)24-30(27,28)21-12-15(8-9-20(21)29-3)22(26)25-11-10-19-17(13-25)16-6-4-5-7-18(16)23-19/h4-9,12,14,23-24H,10-11,13H2,1-3H3. The number of aromatic nitrogens is 1. The van der Waals surface area contributed by atoms with E-state index in [2.05, 4.69) is 9.71 Å². The first kappa shape index (κ1) is 20.4. The summed E-state index contributed by atoms with van der Waals surface area (Å²) in [6.45, 7) is 4.53. The first-order valence-corrected chi connectivity index (χ1v) is 11.4. The Hall–Kier alpha value is -2.84. The van der Waals surface area contributed by atoms with Crippen molar-refractivity contribution in [3.63, 3.8) is 0 Å². The van der Waals surface area contributed by atoms with Crippen LogP contribution in [0.3, 0.4) is 0 Å². The van der Waals surface area contributed by atoms with E-state index in [4.69, 9.17) is 4.74 Å². The minimum atomic E-state index is -3.81. The number of aromatic amines is 1. The van der Waals surface area contributed by atoms with E-state index in [9.17, 15) is 13.2 Å². The Labute approximate surface area is 176 Å². The number of benzene rings is 2. The Bertz CT molecular complexity index is 1210. The van der Waals surface area contributed by atoms with E-state index in [1.54, 1.807) is 24.8 Å². The van der Waals surface area contributed by atoms with Crippen LogP contribution in [0.1, 0.15) is 35.5 Å². The van der Waals surface area contributed by atoms with Crippen molar-refractivity contribution in [2.75, 3.05) is 13.7 Å². The molecule has 30 heavy (non-hydrogen) atoms. The average molecular weight is 428 g/mol. The highest BCUT2D eigenvalue weighted by Gasteiger charge is 2.27. The number of amides is 1. The maximum absolute atomic E-state index is 13.2. The van der Waals surface area contributed by atoms with Crippen LogP contribution in [0, 0.1) is 0 Å². The third-order valence-corrected chi connectivity index (χ3v) is 6.94. The molecule has 2 heterocycles. The van der Waals surface area contributed by atoms with Crippen molar-refractivity contribution in [1.29, 1.82) is 0 Å². The molecule has 0 radical (unpaired) electrons. The number of methoxy groups -OCH3 is 1. The number of rotatable bonds is 5. The number of carbonyl (C=O) groups excluding carboxylic acids is 1. The second kappa shape index (κ2) is 7.77. The van der Waals surface area contributed by atoms with Crippen molar-refractivity contribution in [3.05, 3.63) is 59.3 Å². The highest BCUT2D eigenvalue weighted by Crippen LogP contribution is 2.30. The van der Waals surface area contributed by atoms with Crippen molar-refractivity contribution < 1.29 is 17.9 Å². The molecule has 0 spiro atoms. The maximum Gasteiger partial charge on any atom is 0.254 e. The molecular weight excluding hydrogens is 402 g/mol. The molecule has 2 aromatic carbocycles. The molecule has 158 valence electrons.